The second kappa shape index (κ2) is 8.49. The predicted molar refractivity (Wildman–Crippen MR) is 115 cm³/mol. The zero-order valence-corrected chi connectivity index (χ0v) is 17.1. The van der Waals surface area contributed by atoms with Crippen LogP contribution in [0.3, 0.4) is 0 Å². The minimum atomic E-state index is -3.46. The van der Waals surface area contributed by atoms with Crippen molar-refractivity contribution in [2.45, 2.75) is 6.42 Å². The average Bonchev–Trinajstić information content (AvgIpc) is 3.18. The Labute approximate surface area is 172 Å². The summed E-state index contributed by atoms with van der Waals surface area (Å²) in [4.78, 5) is 16.6. The fourth-order valence-electron chi connectivity index (χ4n) is 3.83. The van der Waals surface area contributed by atoms with E-state index in [-0.39, 0.29) is 5.91 Å². The average molecular weight is 412 g/mol. The van der Waals surface area contributed by atoms with Crippen LogP contribution in [0, 0.1) is 0 Å². The molecule has 0 atom stereocenters. The first-order valence-electron chi connectivity index (χ1n) is 9.87. The van der Waals surface area contributed by atoms with Crippen LogP contribution in [0.15, 0.2) is 60.0 Å². The van der Waals surface area contributed by atoms with Crippen molar-refractivity contribution in [1.82, 2.24) is 9.21 Å². The van der Waals surface area contributed by atoms with Crippen LogP contribution in [0.4, 0.5) is 5.69 Å². The SMILES string of the molecule is O=C(CN1CCN(S(=O)(=O)C=Cc2ccccc2)CC1)N1CCc2ccccc21. The number of fused-ring (bicyclic) bond motifs is 1. The van der Waals surface area contributed by atoms with E-state index in [1.165, 1.54) is 15.3 Å². The summed E-state index contributed by atoms with van der Waals surface area (Å²) >= 11 is 0. The summed E-state index contributed by atoms with van der Waals surface area (Å²) in [6.45, 7) is 2.94. The van der Waals surface area contributed by atoms with E-state index in [9.17, 15) is 13.2 Å². The van der Waals surface area contributed by atoms with Crippen LogP contribution < -0.4 is 4.90 Å². The number of hydrogen-bond donors (Lipinski definition) is 0. The van der Waals surface area contributed by atoms with Crippen LogP contribution in [0.1, 0.15) is 11.1 Å². The third-order valence-electron chi connectivity index (χ3n) is 5.47. The molecule has 2 aromatic carbocycles. The summed E-state index contributed by atoms with van der Waals surface area (Å²) in [5.41, 5.74) is 3.07. The monoisotopic (exact) mass is 411 g/mol. The summed E-state index contributed by atoms with van der Waals surface area (Å²) in [7, 11) is -3.46. The number of piperazine rings is 1. The van der Waals surface area contributed by atoms with Crippen LogP contribution in [0.5, 0.6) is 0 Å². The minimum Gasteiger partial charge on any atom is -0.311 e. The topological polar surface area (TPSA) is 60.9 Å². The first-order chi connectivity index (χ1) is 14.0. The van der Waals surface area contributed by atoms with Crippen LogP contribution in [0.2, 0.25) is 0 Å². The normalized spacial score (nSPS) is 18.3. The fraction of sp³-hybridized carbons (Fsp3) is 0.318. The molecule has 0 aliphatic carbocycles. The maximum absolute atomic E-state index is 12.8. The van der Waals surface area contributed by atoms with E-state index in [2.05, 4.69) is 6.07 Å². The smallest absolute Gasteiger partial charge is 0.241 e. The van der Waals surface area contributed by atoms with Gasteiger partial charge in [-0.05, 0) is 29.7 Å². The minimum absolute atomic E-state index is 0.0789. The van der Waals surface area contributed by atoms with Gasteiger partial charge in [-0.1, -0.05) is 48.5 Å². The molecule has 7 heteroatoms. The second-order valence-electron chi connectivity index (χ2n) is 7.36. The molecule has 152 valence electrons. The van der Waals surface area contributed by atoms with E-state index in [4.69, 9.17) is 0 Å². The molecule has 2 heterocycles. The first-order valence-corrected chi connectivity index (χ1v) is 11.4. The fourth-order valence-corrected chi connectivity index (χ4v) is 5.00. The van der Waals surface area contributed by atoms with Crippen LogP contribution in [-0.2, 0) is 21.2 Å². The lowest BCUT2D eigenvalue weighted by molar-refractivity contribution is -0.119. The molecule has 4 rings (SSSR count). The zero-order chi connectivity index (χ0) is 20.3. The van der Waals surface area contributed by atoms with E-state index >= 15 is 0 Å². The Hall–Kier alpha value is -2.48. The highest BCUT2D eigenvalue weighted by atomic mass is 32.2. The Morgan fingerprint density at radius 3 is 2.34 bits per heavy atom. The molecule has 0 radical (unpaired) electrons. The predicted octanol–water partition coefficient (Wildman–Crippen LogP) is 2.19. The molecule has 2 aliphatic heterocycles. The van der Waals surface area contributed by atoms with Gasteiger partial charge in [0.15, 0.2) is 0 Å². The quantitative estimate of drug-likeness (QED) is 0.757. The third kappa shape index (κ3) is 4.58. The van der Waals surface area contributed by atoms with Crippen molar-refractivity contribution in [2.75, 3.05) is 44.2 Å². The summed E-state index contributed by atoms with van der Waals surface area (Å²) in [6, 6.07) is 17.4. The molecule has 2 aliphatic rings. The van der Waals surface area contributed by atoms with Gasteiger partial charge in [-0.3, -0.25) is 9.69 Å². The first kappa shape index (κ1) is 19.8. The molecule has 29 heavy (non-hydrogen) atoms. The number of para-hydroxylation sites is 1. The molecule has 0 aromatic heterocycles. The van der Waals surface area contributed by atoms with Crippen LogP contribution >= 0.6 is 0 Å². The summed E-state index contributed by atoms with van der Waals surface area (Å²) in [5, 5.41) is 1.27. The second-order valence-corrected chi connectivity index (χ2v) is 9.18. The van der Waals surface area contributed by atoms with Crippen molar-refractivity contribution in [1.29, 1.82) is 0 Å². The number of carbonyl (C=O) groups is 1. The molecule has 0 bridgehead atoms. The van der Waals surface area contributed by atoms with Crippen molar-refractivity contribution >= 4 is 27.7 Å². The molecule has 0 unspecified atom stereocenters. The number of sulfonamides is 1. The number of anilines is 1. The number of amides is 1. The molecular formula is C22H25N3O3S. The van der Waals surface area contributed by atoms with Crippen molar-refractivity contribution in [3.05, 3.63) is 71.1 Å². The van der Waals surface area contributed by atoms with Crippen molar-refractivity contribution in [3.63, 3.8) is 0 Å². The molecule has 0 spiro atoms. The highest BCUT2D eigenvalue weighted by Gasteiger charge is 2.29. The van der Waals surface area contributed by atoms with E-state index < -0.39 is 10.0 Å². The van der Waals surface area contributed by atoms with E-state index in [0.717, 1.165) is 24.2 Å². The van der Waals surface area contributed by atoms with Crippen molar-refractivity contribution < 1.29 is 13.2 Å². The van der Waals surface area contributed by atoms with E-state index in [0.29, 0.717) is 32.7 Å². The van der Waals surface area contributed by atoms with Gasteiger partial charge in [0, 0.05) is 43.8 Å². The maximum atomic E-state index is 12.8. The molecule has 6 nitrogen and oxygen atoms in total. The Morgan fingerprint density at radius 1 is 0.897 bits per heavy atom. The van der Waals surface area contributed by atoms with Gasteiger partial charge < -0.3 is 4.90 Å². The Balaban J connectivity index is 1.31. The number of rotatable bonds is 5. The van der Waals surface area contributed by atoms with Gasteiger partial charge in [0.05, 0.1) is 6.54 Å². The van der Waals surface area contributed by atoms with Gasteiger partial charge in [0.1, 0.15) is 0 Å². The van der Waals surface area contributed by atoms with Crippen LogP contribution in [0.25, 0.3) is 6.08 Å². The Morgan fingerprint density at radius 2 is 1.59 bits per heavy atom. The lowest BCUT2D eigenvalue weighted by Crippen LogP contribution is -2.51. The summed E-state index contributed by atoms with van der Waals surface area (Å²) in [6.07, 6.45) is 2.51. The van der Waals surface area contributed by atoms with Crippen LogP contribution in [-0.4, -0.2) is 62.8 Å². The molecular weight excluding hydrogens is 386 g/mol. The molecule has 1 saturated heterocycles. The lowest BCUT2D eigenvalue weighted by atomic mass is 10.2. The number of nitrogens with zero attached hydrogens (tertiary/aromatic N) is 3. The lowest BCUT2D eigenvalue weighted by Gasteiger charge is -2.33. The Bertz CT molecular complexity index is 997. The van der Waals surface area contributed by atoms with Crippen molar-refractivity contribution in [2.24, 2.45) is 0 Å². The number of carbonyl (C=O) groups excluding carboxylic acids is 1. The standard InChI is InChI=1S/C22H25N3O3S/c26-22(25-12-10-20-8-4-5-9-21(20)25)18-23-13-15-24(16-14-23)29(27,28)17-11-19-6-2-1-3-7-19/h1-9,11,17H,10,12-16,18H2. The number of hydrogen-bond acceptors (Lipinski definition) is 4. The van der Waals surface area contributed by atoms with E-state index in [1.54, 1.807) is 6.08 Å². The molecule has 0 saturated carbocycles. The summed E-state index contributed by atoms with van der Waals surface area (Å²) in [5.74, 6) is 0.0789. The highest BCUT2D eigenvalue weighted by Crippen LogP contribution is 2.27. The van der Waals surface area contributed by atoms with Gasteiger partial charge in [0.25, 0.3) is 0 Å². The molecule has 1 amide bonds. The molecule has 1 fully saturated rings. The summed E-state index contributed by atoms with van der Waals surface area (Å²) < 4.78 is 26.6. The maximum Gasteiger partial charge on any atom is 0.241 e. The largest absolute Gasteiger partial charge is 0.311 e. The number of benzene rings is 2. The Kier molecular flexibility index (Phi) is 5.80. The highest BCUT2D eigenvalue weighted by molar-refractivity contribution is 7.92. The van der Waals surface area contributed by atoms with Gasteiger partial charge in [-0.25, -0.2) is 8.42 Å². The van der Waals surface area contributed by atoms with Gasteiger partial charge in [-0.2, -0.15) is 4.31 Å². The van der Waals surface area contributed by atoms with Gasteiger partial charge in [-0.15, -0.1) is 0 Å². The molecule has 0 N–H and O–H groups in total. The van der Waals surface area contributed by atoms with E-state index in [1.807, 2.05) is 58.3 Å². The molecule has 2 aromatic rings. The zero-order valence-electron chi connectivity index (χ0n) is 16.3. The third-order valence-corrected chi connectivity index (χ3v) is 7.04. The van der Waals surface area contributed by atoms with Gasteiger partial charge in [0.2, 0.25) is 15.9 Å². The van der Waals surface area contributed by atoms with Crippen molar-refractivity contribution in [3.8, 4) is 0 Å². The van der Waals surface area contributed by atoms with Gasteiger partial charge >= 0.3 is 0 Å².